The highest BCUT2D eigenvalue weighted by Crippen LogP contribution is 2.36. The van der Waals surface area contributed by atoms with E-state index in [0.717, 1.165) is 5.39 Å². The summed E-state index contributed by atoms with van der Waals surface area (Å²) in [5.41, 5.74) is 26.9. The molecule has 0 unspecified atom stereocenters. The summed E-state index contributed by atoms with van der Waals surface area (Å²) in [7, 11) is -3.48. The molecule has 176 valence electrons. The highest BCUT2D eigenvalue weighted by Gasteiger charge is 2.12. The molecule has 0 saturated carbocycles. The zero-order chi connectivity index (χ0) is 24.8. The molecule has 4 aromatic rings. The average molecular weight is 489 g/mol. The van der Waals surface area contributed by atoms with E-state index in [4.69, 9.17) is 16.8 Å². The number of benzene rings is 3. The summed E-state index contributed by atoms with van der Waals surface area (Å²) < 4.78 is 26.8. The first-order chi connectivity index (χ1) is 16.9. The Bertz CT molecular complexity index is 1610. The van der Waals surface area contributed by atoms with E-state index in [1.54, 1.807) is 60.7 Å². The van der Waals surface area contributed by atoms with Crippen LogP contribution < -0.4 is 15.8 Å². The SMILES string of the molecule is [N-]=[N+]=Nc1ccc2c(Nc3ccc(NS(=O)(=O)CCCN)cc3)c3cc(N=[N+]=[N-])ccc3nc2c1. The first-order valence-corrected chi connectivity index (χ1v) is 12.1. The molecular formula is C22H20N10O2S. The Hall–Kier alpha value is -4.54. The zero-order valence-corrected chi connectivity index (χ0v) is 19.1. The Labute approximate surface area is 200 Å². The van der Waals surface area contributed by atoms with Gasteiger partial charge >= 0.3 is 0 Å². The number of sulfonamides is 1. The summed E-state index contributed by atoms with van der Waals surface area (Å²) in [4.78, 5) is 10.3. The third-order valence-corrected chi connectivity index (χ3v) is 6.48. The van der Waals surface area contributed by atoms with Gasteiger partial charge in [0.05, 0.1) is 22.5 Å². The number of nitrogens with one attached hydrogen (secondary N) is 2. The van der Waals surface area contributed by atoms with E-state index in [9.17, 15) is 8.42 Å². The summed E-state index contributed by atoms with van der Waals surface area (Å²) in [5, 5.41) is 12.2. The number of fused-ring (bicyclic) bond motifs is 2. The minimum atomic E-state index is -3.48. The predicted octanol–water partition coefficient (Wildman–Crippen LogP) is 6.11. The van der Waals surface area contributed by atoms with Gasteiger partial charge in [-0.05, 0) is 66.5 Å². The van der Waals surface area contributed by atoms with Crippen LogP contribution in [0, 0.1) is 0 Å². The van der Waals surface area contributed by atoms with E-state index in [1.807, 2.05) is 0 Å². The predicted molar refractivity (Wildman–Crippen MR) is 138 cm³/mol. The van der Waals surface area contributed by atoms with E-state index >= 15 is 0 Å². The molecule has 0 atom stereocenters. The lowest BCUT2D eigenvalue weighted by Gasteiger charge is -2.15. The molecule has 13 heteroatoms. The second kappa shape index (κ2) is 10.2. The van der Waals surface area contributed by atoms with Crippen LogP contribution in [0.4, 0.5) is 28.4 Å². The van der Waals surface area contributed by atoms with Crippen molar-refractivity contribution < 1.29 is 8.42 Å². The van der Waals surface area contributed by atoms with Gasteiger partial charge in [-0.3, -0.25) is 4.72 Å². The molecule has 0 bridgehead atoms. The Morgan fingerprint density at radius 2 is 1.51 bits per heavy atom. The van der Waals surface area contributed by atoms with E-state index in [-0.39, 0.29) is 5.75 Å². The van der Waals surface area contributed by atoms with Crippen molar-refractivity contribution >= 4 is 60.3 Å². The fraction of sp³-hybridized carbons (Fsp3) is 0.136. The first-order valence-electron chi connectivity index (χ1n) is 10.5. The van der Waals surface area contributed by atoms with Gasteiger partial charge in [0.25, 0.3) is 0 Å². The van der Waals surface area contributed by atoms with E-state index in [1.165, 1.54) is 0 Å². The standard InChI is InChI=1S/C22H20N10O2S/c23-10-1-11-35(33,34)30-15-4-2-14(3-5-15)26-22-18-8-6-17(29-32-25)13-21(18)27-20-9-7-16(28-31-24)12-19(20)22/h2-9,12-13,30H,1,10-11,23H2,(H,26,27). The summed E-state index contributed by atoms with van der Waals surface area (Å²) in [6, 6.07) is 17.1. The molecule has 0 spiro atoms. The number of pyridine rings is 1. The van der Waals surface area contributed by atoms with Crippen molar-refractivity contribution in [3.05, 3.63) is 81.5 Å². The largest absolute Gasteiger partial charge is 0.354 e. The molecule has 0 fully saturated rings. The molecule has 12 nitrogen and oxygen atoms in total. The number of nitrogens with two attached hydrogens (primary N) is 1. The molecule has 1 heterocycles. The number of anilines is 3. The second-order valence-electron chi connectivity index (χ2n) is 7.53. The molecule has 0 aliphatic heterocycles. The molecule has 0 saturated heterocycles. The van der Waals surface area contributed by atoms with Crippen LogP contribution in [0.3, 0.4) is 0 Å². The summed E-state index contributed by atoms with van der Waals surface area (Å²) in [6.45, 7) is 0.295. The Morgan fingerprint density at radius 1 is 0.857 bits per heavy atom. The Kier molecular flexibility index (Phi) is 6.86. The van der Waals surface area contributed by atoms with Crippen LogP contribution in [0.2, 0.25) is 0 Å². The van der Waals surface area contributed by atoms with E-state index in [2.05, 4.69) is 35.1 Å². The second-order valence-corrected chi connectivity index (χ2v) is 9.38. The van der Waals surface area contributed by atoms with Gasteiger partial charge < -0.3 is 11.1 Å². The number of aromatic nitrogens is 1. The molecular weight excluding hydrogens is 468 g/mol. The molecule has 35 heavy (non-hydrogen) atoms. The highest BCUT2D eigenvalue weighted by molar-refractivity contribution is 7.92. The number of azide groups is 2. The van der Waals surface area contributed by atoms with Crippen molar-refractivity contribution in [3.63, 3.8) is 0 Å². The maximum absolute atomic E-state index is 12.1. The number of rotatable bonds is 9. The molecule has 1 aromatic heterocycles. The van der Waals surface area contributed by atoms with Crippen LogP contribution in [0.25, 0.3) is 42.7 Å². The van der Waals surface area contributed by atoms with Crippen molar-refractivity contribution in [1.29, 1.82) is 0 Å². The monoisotopic (exact) mass is 488 g/mol. The topological polar surface area (TPSA) is 195 Å². The van der Waals surface area contributed by atoms with Crippen LogP contribution in [0.5, 0.6) is 0 Å². The molecule has 0 radical (unpaired) electrons. The minimum absolute atomic E-state index is 0.0517. The minimum Gasteiger partial charge on any atom is -0.354 e. The van der Waals surface area contributed by atoms with E-state index in [0.29, 0.717) is 57.8 Å². The maximum atomic E-state index is 12.1. The molecule has 4 N–H and O–H groups in total. The molecule has 4 rings (SSSR count). The van der Waals surface area contributed by atoms with Gasteiger partial charge in [-0.1, -0.05) is 28.4 Å². The van der Waals surface area contributed by atoms with Crippen LogP contribution in [-0.2, 0) is 10.0 Å². The van der Waals surface area contributed by atoms with Crippen molar-refractivity contribution in [2.75, 3.05) is 22.3 Å². The lowest BCUT2D eigenvalue weighted by molar-refractivity contribution is 0.599. The van der Waals surface area contributed by atoms with E-state index < -0.39 is 10.0 Å². The lowest BCUT2D eigenvalue weighted by atomic mass is 10.1. The van der Waals surface area contributed by atoms with Crippen LogP contribution >= 0.6 is 0 Å². The summed E-state index contributed by atoms with van der Waals surface area (Å²) >= 11 is 0. The summed E-state index contributed by atoms with van der Waals surface area (Å²) in [6.07, 6.45) is 0.371. The first kappa shape index (κ1) is 23.6. The van der Waals surface area contributed by atoms with Gasteiger partial charge in [0, 0.05) is 43.3 Å². The third-order valence-electron chi connectivity index (χ3n) is 5.11. The fourth-order valence-corrected chi connectivity index (χ4v) is 4.70. The third kappa shape index (κ3) is 5.52. The smallest absolute Gasteiger partial charge is 0.232 e. The Morgan fingerprint density at radius 3 is 2.20 bits per heavy atom. The van der Waals surface area contributed by atoms with Crippen molar-refractivity contribution in [2.45, 2.75) is 6.42 Å². The molecule has 0 amide bonds. The van der Waals surface area contributed by atoms with Crippen LogP contribution in [0.15, 0.2) is 70.9 Å². The number of nitrogens with zero attached hydrogens (tertiary/aromatic N) is 7. The highest BCUT2D eigenvalue weighted by atomic mass is 32.2. The van der Waals surface area contributed by atoms with Gasteiger partial charge in [0.2, 0.25) is 10.0 Å². The fourth-order valence-electron chi connectivity index (χ4n) is 3.55. The number of hydrogen-bond donors (Lipinski definition) is 3. The van der Waals surface area contributed by atoms with Crippen molar-refractivity contribution in [2.24, 2.45) is 16.0 Å². The van der Waals surface area contributed by atoms with Crippen molar-refractivity contribution in [3.8, 4) is 0 Å². The Balaban J connectivity index is 1.76. The quantitative estimate of drug-likeness (QED) is 0.110. The molecule has 0 aliphatic carbocycles. The average Bonchev–Trinajstić information content (AvgIpc) is 2.84. The molecule has 0 aliphatic rings. The van der Waals surface area contributed by atoms with Gasteiger partial charge in [-0.25, -0.2) is 13.4 Å². The molecule has 3 aromatic carbocycles. The van der Waals surface area contributed by atoms with Gasteiger partial charge in [-0.2, -0.15) is 0 Å². The van der Waals surface area contributed by atoms with Crippen LogP contribution in [-0.4, -0.2) is 25.7 Å². The maximum Gasteiger partial charge on any atom is 0.232 e. The lowest BCUT2D eigenvalue weighted by Crippen LogP contribution is -2.18. The zero-order valence-electron chi connectivity index (χ0n) is 18.3. The normalized spacial score (nSPS) is 11.0. The van der Waals surface area contributed by atoms with Crippen molar-refractivity contribution in [1.82, 2.24) is 4.98 Å². The van der Waals surface area contributed by atoms with Gasteiger partial charge in [-0.15, -0.1) is 0 Å². The van der Waals surface area contributed by atoms with Gasteiger partial charge in [0.15, 0.2) is 0 Å². The van der Waals surface area contributed by atoms with Gasteiger partial charge in [0.1, 0.15) is 0 Å². The summed E-state index contributed by atoms with van der Waals surface area (Å²) in [5.74, 6) is -0.0517. The number of hydrogen-bond acceptors (Lipinski definition) is 7. The van der Waals surface area contributed by atoms with Crippen LogP contribution in [0.1, 0.15) is 6.42 Å².